The summed E-state index contributed by atoms with van der Waals surface area (Å²) in [5.74, 6) is -1.21. The van der Waals surface area contributed by atoms with Crippen LogP contribution in [0.5, 0.6) is 11.5 Å². The zero-order valence-corrected chi connectivity index (χ0v) is 24.6. The van der Waals surface area contributed by atoms with Crippen LogP contribution in [0.4, 0.5) is 9.59 Å². The fraction of sp³-hybridized carbons (Fsp3) is 0.655. The smallest absolute Gasteiger partial charge is 0.462 e. The lowest BCUT2D eigenvalue weighted by Gasteiger charge is -2.18. The summed E-state index contributed by atoms with van der Waals surface area (Å²) in [4.78, 5) is 48.8. The fourth-order valence-corrected chi connectivity index (χ4v) is 3.59. The average molecular weight is 568 g/mol. The third-order valence-corrected chi connectivity index (χ3v) is 5.67. The fourth-order valence-electron chi connectivity index (χ4n) is 3.59. The highest BCUT2D eigenvalue weighted by atomic mass is 16.7. The summed E-state index contributed by atoms with van der Waals surface area (Å²) >= 11 is 0. The Hall–Kier alpha value is -3.34. The molecule has 0 bridgehead atoms. The van der Waals surface area contributed by atoms with Crippen LogP contribution in [0.15, 0.2) is 18.2 Å². The Morgan fingerprint density at radius 3 is 1.90 bits per heavy atom. The molecule has 226 valence electrons. The number of benzene rings is 1. The molecule has 0 spiro atoms. The Morgan fingerprint density at radius 1 is 0.775 bits per heavy atom. The van der Waals surface area contributed by atoms with Crippen molar-refractivity contribution in [3.63, 3.8) is 0 Å². The van der Waals surface area contributed by atoms with E-state index in [0.717, 1.165) is 25.7 Å². The maximum absolute atomic E-state index is 12.5. The first-order chi connectivity index (χ1) is 19.0. The van der Waals surface area contributed by atoms with Gasteiger partial charge in [-0.05, 0) is 64.2 Å². The lowest BCUT2D eigenvalue weighted by atomic mass is 10.1. The maximum atomic E-state index is 12.5. The first-order valence-electron chi connectivity index (χ1n) is 14.0. The normalized spacial score (nSPS) is 13.8. The molecule has 2 N–H and O–H groups in total. The van der Waals surface area contributed by atoms with Crippen LogP contribution in [0, 0.1) is 0 Å². The molecule has 0 fully saturated rings. The third-order valence-electron chi connectivity index (χ3n) is 5.67. The molecule has 0 aromatic heterocycles. The second-order valence-electron chi connectivity index (χ2n) is 9.76. The monoisotopic (exact) mass is 567 g/mol. The van der Waals surface area contributed by atoms with E-state index in [9.17, 15) is 19.2 Å². The standard InChI is InChI=1S/C29H45NO10/c1-7-10-13-26(31)35-18-21(6)36-27(32)23(30)16-22-14-15-24(39-28(33)37-19(4)11-8-2)25(17-22)40-29(34)38-20(5)12-9-3/h14-15,17,19-21,23H,7-13,16,18,30H2,1-6H3/t19?,20?,21-,23-/m0/s1. The van der Waals surface area contributed by atoms with Gasteiger partial charge in [0.25, 0.3) is 0 Å². The molecule has 40 heavy (non-hydrogen) atoms. The minimum atomic E-state index is -1.06. The number of unbranched alkanes of at least 4 members (excludes halogenated alkanes) is 1. The predicted molar refractivity (Wildman–Crippen MR) is 147 cm³/mol. The van der Waals surface area contributed by atoms with Crippen molar-refractivity contribution in [2.75, 3.05) is 6.61 Å². The largest absolute Gasteiger partial charge is 0.514 e. The summed E-state index contributed by atoms with van der Waals surface area (Å²) in [7, 11) is 0. The van der Waals surface area contributed by atoms with Gasteiger partial charge in [-0.3, -0.25) is 9.59 Å². The second-order valence-corrected chi connectivity index (χ2v) is 9.76. The van der Waals surface area contributed by atoms with Crippen molar-refractivity contribution in [2.45, 2.75) is 117 Å². The number of carbonyl (C=O) groups excluding carboxylic acids is 4. The van der Waals surface area contributed by atoms with E-state index in [1.54, 1.807) is 26.8 Å². The molecule has 1 aromatic carbocycles. The average Bonchev–Trinajstić information content (AvgIpc) is 2.87. The van der Waals surface area contributed by atoms with E-state index in [4.69, 9.17) is 34.2 Å². The van der Waals surface area contributed by atoms with Crippen LogP contribution in [0.2, 0.25) is 0 Å². The number of hydrogen-bond acceptors (Lipinski definition) is 11. The molecule has 0 heterocycles. The van der Waals surface area contributed by atoms with Gasteiger partial charge in [-0.25, -0.2) is 9.59 Å². The quantitative estimate of drug-likeness (QED) is 0.142. The van der Waals surface area contributed by atoms with E-state index in [-0.39, 0.29) is 42.7 Å². The van der Waals surface area contributed by atoms with Crippen molar-refractivity contribution < 1.29 is 47.6 Å². The van der Waals surface area contributed by atoms with Gasteiger partial charge in [0.05, 0.1) is 0 Å². The molecule has 2 unspecified atom stereocenters. The molecule has 0 aliphatic heterocycles. The minimum absolute atomic E-state index is 0.0255. The summed E-state index contributed by atoms with van der Waals surface area (Å²) in [6.07, 6.45) is 1.54. The van der Waals surface area contributed by atoms with Crippen LogP contribution in [-0.4, -0.2) is 55.2 Å². The highest BCUT2D eigenvalue weighted by Crippen LogP contribution is 2.30. The zero-order valence-electron chi connectivity index (χ0n) is 24.6. The van der Waals surface area contributed by atoms with Gasteiger partial charge in [0.2, 0.25) is 0 Å². The van der Waals surface area contributed by atoms with Gasteiger partial charge in [0.15, 0.2) is 11.5 Å². The van der Waals surface area contributed by atoms with Crippen LogP contribution in [0.25, 0.3) is 0 Å². The topological polar surface area (TPSA) is 150 Å². The van der Waals surface area contributed by atoms with Crippen LogP contribution in [0.1, 0.15) is 92.1 Å². The van der Waals surface area contributed by atoms with Crippen molar-refractivity contribution in [2.24, 2.45) is 5.73 Å². The molecule has 0 amide bonds. The van der Waals surface area contributed by atoms with Gasteiger partial charge < -0.3 is 34.2 Å². The number of nitrogens with two attached hydrogens (primary N) is 1. The van der Waals surface area contributed by atoms with E-state index < -0.39 is 30.4 Å². The summed E-state index contributed by atoms with van der Waals surface area (Å²) in [6.45, 7) is 10.9. The summed E-state index contributed by atoms with van der Waals surface area (Å²) in [5, 5.41) is 0. The third kappa shape index (κ3) is 14.2. The number of carbonyl (C=O) groups is 4. The van der Waals surface area contributed by atoms with Crippen LogP contribution in [-0.2, 0) is 35.0 Å². The minimum Gasteiger partial charge on any atom is -0.462 e. The van der Waals surface area contributed by atoms with E-state index in [1.165, 1.54) is 12.1 Å². The van der Waals surface area contributed by atoms with Crippen molar-refractivity contribution in [1.82, 2.24) is 0 Å². The van der Waals surface area contributed by atoms with Gasteiger partial charge in [0.1, 0.15) is 31.0 Å². The summed E-state index contributed by atoms with van der Waals surface area (Å²) in [5.41, 5.74) is 6.56. The van der Waals surface area contributed by atoms with Gasteiger partial charge in [-0.2, -0.15) is 0 Å². The highest BCUT2D eigenvalue weighted by Gasteiger charge is 2.23. The zero-order chi connectivity index (χ0) is 30.1. The number of rotatable bonds is 17. The first kappa shape index (κ1) is 34.7. The molecule has 1 rings (SSSR count). The Morgan fingerprint density at radius 2 is 1.35 bits per heavy atom. The maximum Gasteiger partial charge on any atom is 0.514 e. The Bertz CT molecular complexity index is 951. The predicted octanol–water partition coefficient (Wildman–Crippen LogP) is 5.63. The van der Waals surface area contributed by atoms with E-state index >= 15 is 0 Å². The van der Waals surface area contributed by atoms with Gasteiger partial charge in [-0.1, -0.05) is 46.1 Å². The van der Waals surface area contributed by atoms with E-state index in [1.807, 2.05) is 20.8 Å². The van der Waals surface area contributed by atoms with Crippen molar-refractivity contribution in [3.05, 3.63) is 23.8 Å². The molecule has 11 nitrogen and oxygen atoms in total. The summed E-state index contributed by atoms with van der Waals surface area (Å²) < 4.78 is 31.5. The first-order valence-corrected chi connectivity index (χ1v) is 14.0. The Kier molecular flexibility index (Phi) is 16.4. The highest BCUT2D eigenvalue weighted by molar-refractivity contribution is 5.76. The van der Waals surface area contributed by atoms with Gasteiger partial charge in [0, 0.05) is 6.42 Å². The molecule has 4 atom stereocenters. The van der Waals surface area contributed by atoms with Crippen LogP contribution in [0.3, 0.4) is 0 Å². The molecular weight excluding hydrogens is 522 g/mol. The Balaban J connectivity index is 2.91. The molecule has 0 saturated heterocycles. The second kappa shape index (κ2) is 18.9. The molecule has 0 radical (unpaired) electrons. The number of ether oxygens (including phenoxy) is 6. The SMILES string of the molecule is CCCCC(=O)OC[C@H](C)OC(=O)[C@@H](N)Cc1ccc(OC(=O)OC(C)CCC)c(OC(=O)OC(C)CCC)c1. The van der Waals surface area contributed by atoms with Crippen LogP contribution >= 0.6 is 0 Å². The molecule has 0 saturated carbocycles. The molecule has 0 aliphatic rings. The summed E-state index contributed by atoms with van der Waals surface area (Å²) in [6, 6.07) is 3.35. The van der Waals surface area contributed by atoms with Crippen LogP contribution < -0.4 is 15.2 Å². The lowest BCUT2D eigenvalue weighted by molar-refractivity contribution is -0.159. The Labute approximate surface area is 236 Å². The van der Waals surface area contributed by atoms with E-state index in [2.05, 4.69) is 0 Å². The van der Waals surface area contributed by atoms with Crippen molar-refractivity contribution in [3.8, 4) is 11.5 Å². The number of hydrogen-bond donors (Lipinski definition) is 1. The van der Waals surface area contributed by atoms with Crippen molar-refractivity contribution >= 4 is 24.2 Å². The van der Waals surface area contributed by atoms with Gasteiger partial charge in [-0.15, -0.1) is 0 Å². The molecular formula is C29H45NO10. The molecule has 1 aromatic rings. The van der Waals surface area contributed by atoms with E-state index in [0.29, 0.717) is 24.8 Å². The lowest BCUT2D eigenvalue weighted by Crippen LogP contribution is -2.37. The molecule has 0 aliphatic carbocycles. The van der Waals surface area contributed by atoms with Crippen molar-refractivity contribution in [1.29, 1.82) is 0 Å². The molecule has 11 heteroatoms. The number of esters is 2. The van der Waals surface area contributed by atoms with Gasteiger partial charge >= 0.3 is 24.2 Å².